The number of hydrogen-bond donors (Lipinski definition) is 0. The van der Waals surface area contributed by atoms with Crippen LogP contribution < -0.4 is 0 Å². The first-order valence-electron chi connectivity index (χ1n) is 9.17. The van der Waals surface area contributed by atoms with Crippen molar-refractivity contribution in [3.05, 3.63) is 51.6 Å². The summed E-state index contributed by atoms with van der Waals surface area (Å²) >= 11 is 1.46. The number of thiazole rings is 1. The molecule has 3 aromatic rings. The van der Waals surface area contributed by atoms with Gasteiger partial charge in [0.25, 0.3) is 5.91 Å². The third-order valence-electron chi connectivity index (χ3n) is 5.74. The number of alkyl halides is 3. The molecule has 0 saturated carbocycles. The topological polar surface area (TPSA) is 63.9 Å². The molecule has 2 aliphatic heterocycles. The van der Waals surface area contributed by atoms with Crippen molar-refractivity contribution >= 4 is 17.2 Å². The minimum absolute atomic E-state index is 0.0420. The fraction of sp³-hybridized carbons (Fsp3) is 0.368. The molecule has 10 heteroatoms. The van der Waals surface area contributed by atoms with Crippen molar-refractivity contribution in [3.8, 4) is 11.5 Å². The van der Waals surface area contributed by atoms with Gasteiger partial charge in [0.15, 0.2) is 11.6 Å². The quantitative estimate of drug-likeness (QED) is 0.628. The van der Waals surface area contributed by atoms with Gasteiger partial charge in [-0.05, 0) is 37.5 Å². The highest BCUT2D eigenvalue weighted by atomic mass is 32.1. The van der Waals surface area contributed by atoms with E-state index in [1.165, 1.54) is 30.4 Å². The number of nitrogens with zero attached hydrogens (tertiary/aromatic N) is 5. The standard InChI is InChI=1S/C19H16F3N5OS/c1-10-12(3-2-4-13(10)19(20,21)22)18(28)27-11-5-6-15(27)17-25-24-16(26(17)7-11)14-8-29-9-23-14/h2-4,8-9,11,15H,5-7H2,1H3. The van der Waals surface area contributed by atoms with Crippen LogP contribution in [-0.2, 0) is 12.7 Å². The zero-order chi connectivity index (χ0) is 20.3. The Morgan fingerprint density at radius 2 is 2.07 bits per heavy atom. The molecule has 2 bridgehead atoms. The van der Waals surface area contributed by atoms with E-state index < -0.39 is 11.7 Å². The van der Waals surface area contributed by atoms with Crippen molar-refractivity contribution in [3.63, 3.8) is 0 Å². The van der Waals surface area contributed by atoms with Crippen LogP contribution in [0.1, 0.15) is 46.2 Å². The zero-order valence-electron chi connectivity index (χ0n) is 15.3. The maximum absolute atomic E-state index is 13.3. The minimum Gasteiger partial charge on any atom is -0.324 e. The SMILES string of the molecule is Cc1c(C(=O)N2C3CCC2c2nnc(-c4cscn4)n2C3)cccc1C(F)(F)F. The van der Waals surface area contributed by atoms with Gasteiger partial charge in [-0.2, -0.15) is 13.2 Å². The Labute approximate surface area is 168 Å². The van der Waals surface area contributed by atoms with Crippen molar-refractivity contribution in [2.75, 3.05) is 0 Å². The lowest BCUT2D eigenvalue weighted by Crippen LogP contribution is -2.44. The first kappa shape index (κ1) is 18.3. The number of amides is 1. The summed E-state index contributed by atoms with van der Waals surface area (Å²) in [7, 11) is 0. The normalized spacial score (nSPS) is 20.8. The Balaban J connectivity index is 1.53. The van der Waals surface area contributed by atoms with E-state index in [0.717, 1.165) is 18.2 Å². The molecule has 0 spiro atoms. The molecular weight excluding hydrogens is 403 g/mol. The van der Waals surface area contributed by atoms with Crippen molar-refractivity contribution in [2.45, 2.75) is 44.6 Å². The third kappa shape index (κ3) is 2.77. The van der Waals surface area contributed by atoms with Crippen LogP contribution in [0.15, 0.2) is 29.1 Å². The van der Waals surface area contributed by atoms with Crippen molar-refractivity contribution in [1.82, 2.24) is 24.6 Å². The van der Waals surface area contributed by atoms with Crippen LogP contribution in [-0.4, -0.2) is 36.6 Å². The largest absolute Gasteiger partial charge is 0.416 e. The van der Waals surface area contributed by atoms with E-state index in [1.54, 1.807) is 10.4 Å². The number of fused-ring (bicyclic) bond motifs is 4. The third-order valence-corrected chi connectivity index (χ3v) is 6.33. The van der Waals surface area contributed by atoms with Gasteiger partial charge in [0.2, 0.25) is 0 Å². The number of rotatable bonds is 2. The molecule has 0 N–H and O–H groups in total. The molecule has 2 aliphatic rings. The second-order valence-electron chi connectivity index (χ2n) is 7.30. The number of carbonyl (C=O) groups is 1. The van der Waals surface area contributed by atoms with E-state index in [-0.39, 0.29) is 29.1 Å². The number of halogens is 3. The predicted octanol–water partition coefficient (Wildman–Crippen LogP) is 4.09. The summed E-state index contributed by atoms with van der Waals surface area (Å²) in [4.78, 5) is 19.3. The molecule has 1 fully saturated rings. The summed E-state index contributed by atoms with van der Waals surface area (Å²) < 4.78 is 41.8. The second kappa shape index (κ2) is 6.38. The zero-order valence-corrected chi connectivity index (χ0v) is 16.2. The molecule has 1 amide bonds. The van der Waals surface area contributed by atoms with Crippen molar-refractivity contribution in [1.29, 1.82) is 0 Å². The first-order chi connectivity index (χ1) is 13.9. The molecule has 29 heavy (non-hydrogen) atoms. The summed E-state index contributed by atoms with van der Waals surface area (Å²) in [5, 5.41) is 10.5. The van der Waals surface area contributed by atoms with Gasteiger partial charge in [-0.25, -0.2) is 4.98 Å². The highest BCUT2D eigenvalue weighted by molar-refractivity contribution is 7.07. The Morgan fingerprint density at radius 3 is 2.79 bits per heavy atom. The summed E-state index contributed by atoms with van der Waals surface area (Å²) in [5.74, 6) is 0.950. The van der Waals surface area contributed by atoms with Crippen LogP contribution in [0.4, 0.5) is 13.2 Å². The molecule has 6 nitrogen and oxygen atoms in total. The van der Waals surface area contributed by atoms with Gasteiger partial charge in [0.05, 0.1) is 23.2 Å². The van der Waals surface area contributed by atoms with Crippen LogP contribution in [0.25, 0.3) is 11.5 Å². The number of benzene rings is 1. The fourth-order valence-corrected chi connectivity index (χ4v) is 4.93. The lowest BCUT2D eigenvalue weighted by molar-refractivity contribution is -0.138. The van der Waals surface area contributed by atoms with Gasteiger partial charge in [-0.3, -0.25) is 4.79 Å². The molecule has 2 aromatic heterocycles. The van der Waals surface area contributed by atoms with E-state index in [4.69, 9.17) is 0 Å². The van der Waals surface area contributed by atoms with Crippen molar-refractivity contribution in [2.24, 2.45) is 0 Å². The molecule has 5 rings (SSSR count). The monoisotopic (exact) mass is 419 g/mol. The lowest BCUT2D eigenvalue weighted by atomic mass is 10.00. The van der Waals surface area contributed by atoms with Gasteiger partial charge in [0.1, 0.15) is 5.69 Å². The number of carbonyl (C=O) groups excluding carboxylic acids is 1. The van der Waals surface area contributed by atoms with Gasteiger partial charge >= 0.3 is 6.18 Å². The number of hydrogen-bond acceptors (Lipinski definition) is 5. The van der Waals surface area contributed by atoms with Gasteiger partial charge in [-0.1, -0.05) is 6.07 Å². The van der Waals surface area contributed by atoms with E-state index in [2.05, 4.69) is 15.2 Å². The molecule has 1 saturated heterocycles. The highest BCUT2D eigenvalue weighted by Gasteiger charge is 2.46. The van der Waals surface area contributed by atoms with E-state index in [0.29, 0.717) is 24.6 Å². The van der Waals surface area contributed by atoms with E-state index in [9.17, 15) is 18.0 Å². The van der Waals surface area contributed by atoms with Crippen LogP contribution in [0.3, 0.4) is 0 Å². The molecular formula is C19H16F3N5OS. The van der Waals surface area contributed by atoms with Gasteiger partial charge < -0.3 is 9.47 Å². The molecule has 2 unspecified atom stereocenters. The highest BCUT2D eigenvalue weighted by Crippen LogP contribution is 2.43. The van der Waals surface area contributed by atoms with Crippen LogP contribution in [0, 0.1) is 6.92 Å². The fourth-order valence-electron chi connectivity index (χ4n) is 4.40. The lowest BCUT2D eigenvalue weighted by Gasteiger charge is -2.35. The predicted molar refractivity (Wildman–Crippen MR) is 99.2 cm³/mol. The molecule has 0 radical (unpaired) electrons. The smallest absolute Gasteiger partial charge is 0.324 e. The Morgan fingerprint density at radius 1 is 1.24 bits per heavy atom. The summed E-state index contributed by atoms with van der Waals surface area (Å²) in [5.41, 5.74) is 1.73. The second-order valence-corrected chi connectivity index (χ2v) is 8.02. The maximum Gasteiger partial charge on any atom is 0.416 e. The average Bonchev–Trinajstić information content (AvgIpc) is 3.39. The van der Waals surface area contributed by atoms with Crippen LogP contribution in [0.2, 0.25) is 0 Å². The Bertz CT molecular complexity index is 1090. The average molecular weight is 419 g/mol. The summed E-state index contributed by atoms with van der Waals surface area (Å²) in [6.45, 7) is 1.86. The molecule has 2 atom stereocenters. The van der Waals surface area contributed by atoms with E-state index in [1.807, 2.05) is 9.95 Å². The minimum atomic E-state index is -4.50. The van der Waals surface area contributed by atoms with Crippen LogP contribution >= 0.6 is 11.3 Å². The Kier molecular flexibility index (Phi) is 4.02. The first-order valence-corrected chi connectivity index (χ1v) is 10.1. The number of aromatic nitrogens is 4. The summed E-state index contributed by atoms with van der Waals surface area (Å²) in [6, 6.07) is 3.36. The molecule has 1 aromatic carbocycles. The van der Waals surface area contributed by atoms with Crippen molar-refractivity contribution < 1.29 is 18.0 Å². The molecule has 4 heterocycles. The van der Waals surface area contributed by atoms with E-state index >= 15 is 0 Å². The molecule has 0 aliphatic carbocycles. The maximum atomic E-state index is 13.3. The molecule has 150 valence electrons. The van der Waals surface area contributed by atoms with Crippen LogP contribution in [0.5, 0.6) is 0 Å². The Hall–Kier alpha value is -2.75. The summed E-state index contributed by atoms with van der Waals surface area (Å²) in [6.07, 6.45) is -3.01. The van der Waals surface area contributed by atoms with Gasteiger partial charge in [-0.15, -0.1) is 21.5 Å². The van der Waals surface area contributed by atoms with Gasteiger partial charge in [0, 0.05) is 17.5 Å².